The average molecular weight is 352 g/mol. The van der Waals surface area contributed by atoms with Gasteiger partial charge in [-0.15, -0.1) is 0 Å². The van der Waals surface area contributed by atoms with Crippen LogP contribution >= 0.6 is 15.9 Å². The van der Waals surface area contributed by atoms with Gasteiger partial charge in [0.15, 0.2) is 0 Å². The van der Waals surface area contributed by atoms with Crippen molar-refractivity contribution in [2.75, 3.05) is 5.32 Å². The Kier molecular flexibility index (Phi) is 4.37. The molecular weight excluding hydrogens is 341 g/mol. The molecule has 21 heavy (non-hydrogen) atoms. The molecule has 0 radical (unpaired) electrons. The van der Waals surface area contributed by atoms with Crippen molar-refractivity contribution in [3.63, 3.8) is 0 Å². The predicted octanol–water partition coefficient (Wildman–Crippen LogP) is 3.85. The topological polar surface area (TPSA) is 66.4 Å². The first-order valence-electron chi connectivity index (χ1n) is 6.00. The first kappa shape index (κ1) is 15.2. The number of hydrogen-bond donors (Lipinski definition) is 2. The molecule has 0 saturated heterocycles. The number of carbonyl (C=O) groups is 2. The van der Waals surface area contributed by atoms with E-state index in [-0.39, 0.29) is 15.6 Å². The van der Waals surface area contributed by atoms with Crippen molar-refractivity contribution in [3.05, 3.63) is 63.4 Å². The van der Waals surface area contributed by atoms with E-state index in [1.807, 2.05) is 0 Å². The van der Waals surface area contributed by atoms with Crippen molar-refractivity contribution in [3.8, 4) is 0 Å². The smallest absolute Gasteiger partial charge is 0.336 e. The van der Waals surface area contributed by atoms with Crippen molar-refractivity contribution in [2.45, 2.75) is 6.92 Å². The fraction of sp³-hybridized carbons (Fsp3) is 0.0667. The number of amides is 1. The Morgan fingerprint density at radius 1 is 1.14 bits per heavy atom. The van der Waals surface area contributed by atoms with E-state index < -0.39 is 17.7 Å². The van der Waals surface area contributed by atoms with Crippen LogP contribution in [0.25, 0.3) is 0 Å². The minimum Gasteiger partial charge on any atom is -0.478 e. The fourth-order valence-electron chi connectivity index (χ4n) is 1.87. The molecule has 0 unspecified atom stereocenters. The number of halogens is 2. The maximum absolute atomic E-state index is 13.4. The molecule has 2 aromatic carbocycles. The number of rotatable bonds is 3. The van der Waals surface area contributed by atoms with Crippen LogP contribution in [0.4, 0.5) is 10.1 Å². The van der Waals surface area contributed by atoms with Crippen LogP contribution in [-0.4, -0.2) is 17.0 Å². The lowest BCUT2D eigenvalue weighted by Gasteiger charge is -2.11. The number of aromatic carboxylic acids is 1. The summed E-state index contributed by atoms with van der Waals surface area (Å²) in [5.41, 5.74) is 1.04. The summed E-state index contributed by atoms with van der Waals surface area (Å²) in [6.45, 7) is 1.60. The van der Waals surface area contributed by atoms with Gasteiger partial charge in [-0.2, -0.15) is 0 Å². The summed E-state index contributed by atoms with van der Waals surface area (Å²) < 4.78 is 13.5. The Balaban J connectivity index is 2.34. The highest BCUT2D eigenvalue weighted by Crippen LogP contribution is 2.24. The fourth-order valence-corrected chi connectivity index (χ4v) is 2.32. The molecule has 0 aliphatic carbocycles. The minimum atomic E-state index is -1.07. The highest BCUT2D eigenvalue weighted by atomic mass is 79.9. The number of anilines is 1. The third-order valence-corrected chi connectivity index (χ3v) is 3.81. The van der Waals surface area contributed by atoms with Gasteiger partial charge in [0.2, 0.25) is 0 Å². The lowest BCUT2D eigenvalue weighted by molar-refractivity contribution is 0.0695. The SMILES string of the molecule is Cc1c(NC(=O)c2cccc(F)c2Br)cccc1C(=O)O. The van der Waals surface area contributed by atoms with Crippen molar-refractivity contribution < 1.29 is 19.1 Å². The van der Waals surface area contributed by atoms with Crippen LogP contribution in [0.5, 0.6) is 0 Å². The zero-order valence-corrected chi connectivity index (χ0v) is 12.6. The van der Waals surface area contributed by atoms with Crippen LogP contribution in [-0.2, 0) is 0 Å². The van der Waals surface area contributed by atoms with Gasteiger partial charge in [0.1, 0.15) is 5.82 Å². The van der Waals surface area contributed by atoms with Crippen LogP contribution in [0.15, 0.2) is 40.9 Å². The second kappa shape index (κ2) is 6.05. The molecule has 2 aromatic rings. The summed E-state index contributed by atoms with van der Waals surface area (Å²) in [6, 6.07) is 8.70. The Bertz CT molecular complexity index is 731. The van der Waals surface area contributed by atoms with Crippen molar-refractivity contribution in [1.29, 1.82) is 0 Å². The molecule has 0 spiro atoms. The van der Waals surface area contributed by atoms with Crippen LogP contribution in [0.1, 0.15) is 26.3 Å². The van der Waals surface area contributed by atoms with Gasteiger partial charge < -0.3 is 10.4 Å². The van der Waals surface area contributed by atoms with Crippen LogP contribution in [0.3, 0.4) is 0 Å². The lowest BCUT2D eigenvalue weighted by atomic mass is 10.1. The molecule has 0 aliphatic heterocycles. The van der Waals surface area contributed by atoms with E-state index in [2.05, 4.69) is 21.2 Å². The average Bonchev–Trinajstić information content (AvgIpc) is 2.43. The van der Waals surface area contributed by atoms with Gasteiger partial charge in [-0.3, -0.25) is 4.79 Å². The Morgan fingerprint density at radius 2 is 1.76 bits per heavy atom. The number of hydrogen-bond acceptors (Lipinski definition) is 2. The molecule has 0 bridgehead atoms. The zero-order valence-electron chi connectivity index (χ0n) is 11.0. The highest BCUT2D eigenvalue weighted by molar-refractivity contribution is 9.10. The maximum Gasteiger partial charge on any atom is 0.336 e. The molecule has 2 N–H and O–H groups in total. The highest BCUT2D eigenvalue weighted by Gasteiger charge is 2.16. The molecule has 0 atom stereocenters. The third kappa shape index (κ3) is 3.11. The quantitative estimate of drug-likeness (QED) is 0.882. The van der Waals surface area contributed by atoms with Gasteiger partial charge in [-0.05, 0) is 52.7 Å². The summed E-state index contributed by atoms with van der Waals surface area (Å²) in [5.74, 6) is -2.14. The van der Waals surface area contributed by atoms with Crippen molar-refractivity contribution in [2.24, 2.45) is 0 Å². The number of carboxylic acids is 1. The largest absolute Gasteiger partial charge is 0.478 e. The van der Waals surface area contributed by atoms with Gasteiger partial charge in [0.25, 0.3) is 5.91 Å². The van der Waals surface area contributed by atoms with Gasteiger partial charge in [-0.25, -0.2) is 9.18 Å². The number of nitrogens with one attached hydrogen (secondary N) is 1. The molecule has 0 saturated carbocycles. The van der Waals surface area contributed by atoms with E-state index in [0.717, 1.165) is 0 Å². The molecule has 108 valence electrons. The second-order valence-electron chi connectivity index (χ2n) is 4.34. The Labute approximate surface area is 128 Å². The van der Waals surface area contributed by atoms with E-state index in [0.29, 0.717) is 11.3 Å². The van der Waals surface area contributed by atoms with Crippen molar-refractivity contribution >= 4 is 33.5 Å². The van der Waals surface area contributed by atoms with E-state index in [1.165, 1.54) is 30.3 Å². The number of carboxylic acid groups (broad SMARTS) is 1. The summed E-state index contributed by atoms with van der Waals surface area (Å²) in [6.07, 6.45) is 0. The van der Waals surface area contributed by atoms with E-state index >= 15 is 0 Å². The Hall–Kier alpha value is -2.21. The molecule has 4 nitrogen and oxygen atoms in total. The van der Waals surface area contributed by atoms with Crippen molar-refractivity contribution in [1.82, 2.24) is 0 Å². The summed E-state index contributed by atoms with van der Waals surface area (Å²) in [5, 5.41) is 11.6. The van der Waals surface area contributed by atoms with Gasteiger partial charge in [-0.1, -0.05) is 12.1 Å². The summed E-state index contributed by atoms with van der Waals surface area (Å²) in [7, 11) is 0. The second-order valence-corrected chi connectivity index (χ2v) is 5.13. The van der Waals surface area contributed by atoms with Gasteiger partial charge >= 0.3 is 5.97 Å². The lowest BCUT2D eigenvalue weighted by Crippen LogP contribution is -2.15. The molecule has 0 aliphatic rings. The standard InChI is InChI=1S/C15H11BrFNO3/c1-8-9(15(20)21)4-3-7-12(8)18-14(19)10-5-2-6-11(17)13(10)16/h2-7H,1H3,(H,18,19)(H,20,21). The number of carbonyl (C=O) groups excluding carboxylic acids is 1. The van der Waals surface area contributed by atoms with E-state index in [1.54, 1.807) is 13.0 Å². The first-order chi connectivity index (χ1) is 9.91. The monoisotopic (exact) mass is 351 g/mol. The predicted molar refractivity (Wildman–Crippen MR) is 80.2 cm³/mol. The summed E-state index contributed by atoms with van der Waals surface area (Å²) >= 11 is 3.02. The third-order valence-electron chi connectivity index (χ3n) is 3.01. The first-order valence-corrected chi connectivity index (χ1v) is 6.79. The minimum absolute atomic E-state index is 0.0644. The normalized spacial score (nSPS) is 10.2. The summed E-state index contributed by atoms with van der Waals surface area (Å²) in [4.78, 5) is 23.2. The van der Waals surface area contributed by atoms with E-state index in [4.69, 9.17) is 5.11 Å². The molecule has 0 aromatic heterocycles. The zero-order chi connectivity index (χ0) is 15.6. The van der Waals surface area contributed by atoms with Gasteiger partial charge in [0.05, 0.1) is 15.6 Å². The molecule has 0 heterocycles. The Morgan fingerprint density at radius 3 is 2.43 bits per heavy atom. The van der Waals surface area contributed by atoms with Crippen LogP contribution in [0, 0.1) is 12.7 Å². The van der Waals surface area contributed by atoms with Gasteiger partial charge in [0, 0.05) is 5.69 Å². The maximum atomic E-state index is 13.4. The van der Waals surface area contributed by atoms with Crippen LogP contribution in [0.2, 0.25) is 0 Å². The molecule has 2 rings (SSSR count). The molecule has 6 heteroatoms. The number of benzene rings is 2. The van der Waals surface area contributed by atoms with E-state index in [9.17, 15) is 14.0 Å². The molecule has 1 amide bonds. The molecular formula is C15H11BrFNO3. The molecule has 0 fully saturated rings. The van der Waals surface area contributed by atoms with Crippen LogP contribution < -0.4 is 5.32 Å².